The van der Waals surface area contributed by atoms with Gasteiger partial charge in [-0.25, -0.2) is 8.42 Å². The number of nitrogens with one attached hydrogen (secondary N) is 1. The van der Waals surface area contributed by atoms with Crippen LogP contribution in [-0.4, -0.2) is 54.8 Å². The third kappa shape index (κ3) is 2.41. The molecule has 0 aromatic carbocycles. The Bertz CT molecular complexity index is 640. The van der Waals surface area contributed by atoms with Crippen LogP contribution in [0.4, 0.5) is 0 Å². The van der Waals surface area contributed by atoms with Gasteiger partial charge >= 0.3 is 0 Å². The summed E-state index contributed by atoms with van der Waals surface area (Å²) in [6, 6.07) is 1.56. The van der Waals surface area contributed by atoms with Gasteiger partial charge in [-0.05, 0) is 32.4 Å². The van der Waals surface area contributed by atoms with Gasteiger partial charge in [-0.2, -0.15) is 4.31 Å². The highest BCUT2D eigenvalue weighted by Gasteiger charge is 2.35. The minimum Gasteiger partial charge on any atom is -0.366 e. The van der Waals surface area contributed by atoms with E-state index < -0.39 is 15.5 Å². The molecule has 1 N–H and O–H groups in total. The van der Waals surface area contributed by atoms with Gasteiger partial charge in [-0.15, -0.1) is 0 Å². The molecule has 2 aliphatic heterocycles. The second-order valence-electron chi connectivity index (χ2n) is 5.42. The molecule has 20 heavy (non-hydrogen) atoms. The van der Waals surface area contributed by atoms with Crippen molar-refractivity contribution in [2.45, 2.75) is 30.2 Å². The lowest BCUT2D eigenvalue weighted by molar-refractivity contribution is 0.257. The van der Waals surface area contributed by atoms with Crippen molar-refractivity contribution in [2.24, 2.45) is 0 Å². The molecule has 1 aromatic heterocycles. The molecule has 0 amide bonds. The first-order chi connectivity index (χ1) is 9.59. The first-order valence-electron chi connectivity index (χ1n) is 7.00. The summed E-state index contributed by atoms with van der Waals surface area (Å²) < 4.78 is 26.8. The van der Waals surface area contributed by atoms with Crippen molar-refractivity contribution in [3.63, 3.8) is 0 Å². The molecule has 2 fully saturated rings. The Morgan fingerprint density at radius 2 is 2.00 bits per heavy atom. The van der Waals surface area contributed by atoms with Crippen LogP contribution in [-0.2, 0) is 10.0 Å². The van der Waals surface area contributed by atoms with Crippen LogP contribution in [0.3, 0.4) is 0 Å². The number of fused-ring (bicyclic) bond motifs is 1. The summed E-state index contributed by atoms with van der Waals surface area (Å²) in [4.78, 5) is 16.7. The van der Waals surface area contributed by atoms with Crippen LogP contribution in [0.5, 0.6) is 0 Å². The van der Waals surface area contributed by atoms with Crippen LogP contribution >= 0.6 is 0 Å². The van der Waals surface area contributed by atoms with Crippen molar-refractivity contribution < 1.29 is 8.42 Å². The van der Waals surface area contributed by atoms with E-state index in [0.29, 0.717) is 19.1 Å². The van der Waals surface area contributed by atoms with Gasteiger partial charge < -0.3 is 4.98 Å². The molecule has 7 heteroatoms. The fourth-order valence-electron chi connectivity index (χ4n) is 3.13. The van der Waals surface area contributed by atoms with E-state index in [2.05, 4.69) is 9.88 Å². The molecule has 3 rings (SSSR count). The number of aromatic amines is 1. The standard InChI is InChI=1S/C13H19N3O3S/c17-12-4-5-14-9-13(12)20(18,19)16-8-2-7-15-6-1-3-11(15)10-16/h4-5,9,11H,1-3,6-8,10H2,(H,14,17). The van der Waals surface area contributed by atoms with E-state index in [1.165, 1.54) is 22.8 Å². The minimum atomic E-state index is -3.69. The summed E-state index contributed by atoms with van der Waals surface area (Å²) in [7, 11) is -3.69. The van der Waals surface area contributed by atoms with Crippen LogP contribution in [0.2, 0.25) is 0 Å². The molecule has 6 nitrogen and oxygen atoms in total. The van der Waals surface area contributed by atoms with Crippen LogP contribution in [0.25, 0.3) is 0 Å². The number of hydrogen-bond acceptors (Lipinski definition) is 4. The Kier molecular flexibility index (Phi) is 3.66. The highest BCUT2D eigenvalue weighted by Crippen LogP contribution is 2.24. The maximum atomic E-state index is 12.6. The largest absolute Gasteiger partial charge is 0.366 e. The molecule has 0 spiro atoms. The van der Waals surface area contributed by atoms with E-state index in [1.807, 2.05) is 0 Å². The molecule has 2 saturated heterocycles. The topological polar surface area (TPSA) is 73.5 Å². The van der Waals surface area contributed by atoms with Gasteiger partial charge in [0.05, 0.1) is 0 Å². The number of aromatic nitrogens is 1. The number of H-pyrrole nitrogens is 1. The lowest BCUT2D eigenvalue weighted by atomic mass is 10.2. The number of hydrogen-bond donors (Lipinski definition) is 1. The summed E-state index contributed by atoms with van der Waals surface area (Å²) in [5, 5.41) is 0. The van der Waals surface area contributed by atoms with E-state index >= 15 is 0 Å². The van der Waals surface area contributed by atoms with Crippen molar-refractivity contribution in [2.75, 3.05) is 26.2 Å². The summed E-state index contributed by atoms with van der Waals surface area (Å²) in [5.74, 6) is 0. The quantitative estimate of drug-likeness (QED) is 0.848. The van der Waals surface area contributed by atoms with Crippen molar-refractivity contribution in [1.29, 1.82) is 0 Å². The molecule has 1 aromatic rings. The maximum absolute atomic E-state index is 12.6. The monoisotopic (exact) mass is 297 g/mol. The zero-order valence-corrected chi connectivity index (χ0v) is 12.1. The Balaban J connectivity index is 1.91. The van der Waals surface area contributed by atoms with E-state index in [9.17, 15) is 13.2 Å². The van der Waals surface area contributed by atoms with Gasteiger partial charge in [-0.1, -0.05) is 0 Å². The Labute approximate surface area is 118 Å². The van der Waals surface area contributed by atoms with E-state index in [-0.39, 0.29) is 4.90 Å². The smallest absolute Gasteiger partial charge is 0.248 e. The maximum Gasteiger partial charge on any atom is 0.248 e. The summed E-state index contributed by atoms with van der Waals surface area (Å²) in [5.41, 5.74) is -0.448. The number of sulfonamides is 1. The number of rotatable bonds is 2. The second-order valence-corrected chi connectivity index (χ2v) is 7.33. The lowest BCUT2D eigenvalue weighted by Crippen LogP contribution is -2.40. The minimum absolute atomic E-state index is 0.147. The predicted molar refractivity (Wildman–Crippen MR) is 75.0 cm³/mol. The molecule has 0 saturated carbocycles. The summed E-state index contributed by atoms with van der Waals surface area (Å²) in [6.07, 6.45) is 5.72. The fraction of sp³-hybridized carbons (Fsp3) is 0.615. The average molecular weight is 297 g/mol. The van der Waals surface area contributed by atoms with Crippen LogP contribution in [0.15, 0.2) is 28.2 Å². The van der Waals surface area contributed by atoms with Gasteiger partial charge in [0, 0.05) is 37.6 Å². The van der Waals surface area contributed by atoms with Gasteiger partial charge in [-0.3, -0.25) is 9.69 Å². The Hall–Kier alpha value is -1.18. The zero-order valence-electron chi connectivity index (χ0n) is 11.3. The molecular weight excluding hydrogens is 278 g/mol. The molecule has 2 aliphatic rings. The molecule has 3 heterocycles. The SMILES string of the molecule is O=c1cc[nH]cc1S(=O)(=O)N1CCCN2CCCC2C1. The molecule has 0 aliphatic carbocycles. The Morgan fingerprint density at radius 1 is 1.20 bits per heavy atom. The van der Waals surface area contributed by atoms with Crippen LogP contribution in [0.1, 0.15) is 19.3 Å². The number of pyridine rings is 1. The highest BCUT2D eigenvalue weighted by atomic mass is 32.2. The van der Waals surface area contributed by atoms with E-state index in [4.69, 9.17) is 0 Å². The number of nitrogens with zero attached hydrogens (tertiary/aromatic N) is 2. The summed E-state index contributed by atoms with van der Waals surface area (Å²) >= 11 is 0. The van der Waals surface area contributed by atoms with Gasteiger partial charge in [0.2, 0.25) is 15.5 Å². The molecule has 0 bridgehead atoms. The molecule has 1 atom stereocenters. The average Bonchev–Trinajstić information content (AvgIpc) is 2.76. The molecule has 0 radical (unpaired) electrons. The van der Waals surface area contributed by atoms with E-state index in [1.54, 1.807) is 0 Å². The van der Waals surface area contributed by atoms with Crippen molar-refractivity contribution in [3.8, 4) is 0 Å². The summed E-state index contributed by atoms with van der Waals surface area (Å²) in [6.45, 7) is 2.99. The fourth-order valence-corrected chi connectivity index (χ4v) is 4.69. The lowest BCUT2D eigenvalue weighted by Gasteiger charge is -2.24. The van der Waals surface area contributed by atoms with Gasteiger partial charge in [0.1, 0.15) is 4.90 Å². The first kappa shape index (κ1) is 13.8. The third-order valence-corrected chi connectivity index (χ3v) is 6.06. The zero-order chi connectivity index (χ0) is 14.2. The van der Waals surface area contributed by atoms with Crippen molar-refractivity contribution in [3.05, 3.63) is 28.7 Å². The molecule has 1 unspecified atom stereocenters. The van der Waals surface area contributed by atoms with Crippen LogP contribution < -0.4 is 5.43 Å². The third-order valence-electron chi connectivity index (χ3n) is 4.17. The van der Waals surface area contributed by atoms with Crippen molar-refractivity contribution in [1.82, 2.24) is 14.2 Å². The van der Waals surface area contributed by atoms with Gasteiger partial charge in [0.15, 0.2) is 0 Å². The van der Waals surface area contributed by atoms with Gasteiger partial charge in [0.25, 0.3) is 0 Å². The van der Waals surface area contributed by atoms with Crippen molar-refractivity contribution >= 4 is 10.0 Å². The first-order valence-corrected chi connectivity index (χ1v) is 8.44. The molecular formula is C13H19N3O3S. The second kappa shape index (κ2) is 5.31. The Morgan fingerprint density at radius 3 is 2.80 bits per heavy atom. The highest BCUT2D eigenvalue weighted by molar-refractivity contribution is 7.89. The molecule has 110 valence electrons. The predicted octanol–water partition coefficient (Wildman–Crippen LogP) is 0.234. The normalized spacial score (nSPS) is 25.3. The van der Waals surface area contributed by atoms with Crippen LogP contribution in [0, 0.1) is 0 Å². The van der Waals surface area contributed by atoms with E-state index in [0.717, 1.165) is 32.4 Å².